The van der Waals surface area contributed by atoms with Crippen LogP contribution in [0.15, 0.2) is 70.0 Å². The highest BCUT2D eigenvalue weighted by Gasteiger charge is 2.25. The summed E-state index contributed by atoms with van der Waals surface area (Å²) in [5.41, 5.74) is 4.94. The van der Waals surface area contributed by atoms with E-state index < -0.39 is 0 Å². The number of fused-ring (bicyclic) bond motifs is 2. The zero-order valence-corrected chi connectivity index (χ0v) is 28.6. The molecule has 0 amide bonds. The van der Waals surface area contributed by atoms with E-state index >= 15 is 0 Å². The van der Waals surface area contributed by atoms with Crippen molar-refractivity contribution in [2.24, 2.45) is 0 Å². The summed E-state index contributed by atoms with van der Waals surface area (Å²) in [7, 11) is 1.95. The van der Waals surface area contributed by atoms with Crippen LogP contribution in [-0.2, 0) is 4.74 Å². The summed E-state index contributed by atoms with van der Waals surface area (Å²) in [5, 5.41) is 1.45. The highest BCUT2D eigenvalue weighted by Crippen LogP contribution is 2.35. The molecular formula is C38H47N5O4. The topological polar surface area (TPSA) is 93.7 Å². The number of carbonyl (C=O) groups excluding carboxylic acids is 1. The molecule has 2 aliphatic rings. The summed E-state index contributed by atoms with van der Waals surface area (Å²) in [6.45, 7) is 12.5. The van der Waals surface area contributed by atoms with Gasteiger partial charge in [0.2, 0.25) is 5.95 Å². The fourth-order valence-corrected chi connectivity index (χ4v) is 6.22. The zero-order valence-electron chi connectivity index (χ0n) is 28.6. The molecule has 5 aromatic rings. The van der Waals surface area contributed by atoms with Gasteiger partial charge in [0.25, 0.3) is 0 Å². The molecule has 1 saturated carbocycles. The molecule has 7 rings (SSSR count). The number of anilines is 3. The van der Waals surface area contributed by atoms with Gasteiger partial charge >= 0.3 is 0 Å². The van der Waals surface area contributed by atoms with Gasteiger partial charge in [0.05, 0.1) is 24.3 Å². The first kappa shape index (κ1) is 33.9. The van der Waals surface area contributed by atoms with Crippen LogP contribution in [0.3, 0.4) is 0 Å². The summed E-state index contributed by atoms with van der Waals surface area (Å²) in [4.78, 5) is 38.8. The van der Waals surface area contributed by atoms with E-state index in [2.05, 4.69) is 23.4 Å². The van der Waals surface area contributed by atoms with Gasteiger partial charge in [0.15, 0.2) is 17.1 Å². The number of ketones is 1. The molecule has 0 atom stereocenters. The Morgan fingerprint density at radius 1 is 0.957 bits per heavy atom. The number of ether oxygens (including phenoxy) is 1. The number of hydrogen-bond acceptors (Lipinski definition) is 8. The first-order chi connectivity index (χ1) is 22.9. The van der Waals surface area contributed by atoms with Crippen LogP contribution < -0.4 is 15.2 Å². The molecule has 0 radical (unpaired) electrons. The zero-order chi connectivity index (χ0) is 33.5. The van der Waals surface area contributed by atoms with Crippen molar-refractivity contribution < 1.29 is 13.9 Å². The maximum Gasteiger partial charge on any atom is 0.231 e. The van der Waals surface area contributed by atoms with Crippen LogP contribution in [0.5, 0.6) is 0 Å². The van der Waals surface area contributed by atoms with E-state index in [-0.39, 0.29) is 11.2 Å². The predicted molar refractivity (Wildman–Crippen MR) is 191 cm³/mol. The van der Waals surface area contributed by atoms with E-state index in [9.17, 15) is 9.59 Å². The van der Waals surface area contributed by atoms with Crippen LogP contribution in [0.2, 0.25) is 0 Å². The van der Waals surface area contributed by atoms with Crippen molar-refractivity contribution in [1.82, 2.24) is 14.5 Å². The van der Waals surface area contributed by atoms with Crippen LogP contribution in [0, 0.1) is 0 Å². The normalized spacial score (nSPS) is 14.8. The summed E-state index contributed by atoms with van der Waals surface area (Å²) in [5.74, 6) is 1.21. The second-order valence-corrected chi connectivity index (χ2v) is 11.9. The first-order valence-electron chi connectivity index (χ1n) is 17.0. The van der Waals surface area contributed by atoms with Crippen molar-refractivity contribution in [2.75, 3.05) is 43.2 Å². The van der Waals surface area contributed by atoms with Crippen LogP contribution in [0.4, 0.5) is 17.5 Å². The minimum Gasteiger partial charge on any atom is -0.440 e. The quantitative estimate of drug-likeness (QED) is 0.171. The second-order valence-electron chi connectivity index (χ2n) is 11.9. The van der Waals surface area contributed by atoms with Crippen LogP contribution in [0.1, 0.15) is 83.3 Å². The minimum atomic E-state index is -0.0484. The first-order valence-corrected chi connectivity index (χ1v) is 17.0. The van der Waals surface area contributed by atoms with Gasteiger partial charge in [-0.3, -0.25) is 9.59 Å². The van der Waals surface area contributed by atoms with Gasteiger partial charge in [-0.05, 0) is 54.3 Å². The third-order valence-electron chi connectivity index (χ3n) is 8.54. The van der Waals surface area contributed by atoms with E-state index in [4.69, 9.17) is 14.1 Å². The fourth-order valence-electron chi connectivity index (χ4n) is 6.22. The van der Waals surface area contributed by atoms with Crippen molar-refractivity contribution >= 4 is 45.3 Å². The average Bonchev–Trinajstić information content (AvgIpc) is 3.77. The lowest BCUT2D eigenvalue weighted by Crippen LogP contribution is -2.36. The molecule has 3 aromatic heterocycles. The number of Topliss-reactive ketones (excluding diaryl/α,β-unsaturated/α-hetero) is 1. The summed E-state index contributed by atoms with van der Waals surface area (Å²) >= 11 is 0. The van der Waals surface area contributed by atoms with Crippen molar-refractivity contribution in [3.05, 3.63) is 76.7 Å². The molecule has 1 saturated heterocycles. The summed E-state index contributed by atoms with van der Waals surface area (Å²) < 4.78 is 13.8. The molecular weight excluding hydrogens is 590 g/mol. The lowest BCUT2D eigenvalue weighted by molar-refractivity contribution is 0.100. The Kier molecular flexibility index (Phi) is 11.1. The molecule has 0 bridgehead atoms. The Bertz CT molecular complexity index is 1870. The molecule has 0 spiro atoms. The Balaban J connectivity index is 0.000000822. The molecule has 248 valence electrons. The Morgan fingerprint density at radius 2 is 1.62 bits per heavy atom. The van der Waals surface area contributed by atoms with Gasteiger partial charge in [-0.2, -0.15) is 4.98 Å². The maximum absolute atomic E-state index is 12.8. The lowest BCUT2D eigenvalue weighted by Gasteiger charge is -2.27. The third-order valence-corrected chi connectivity index (χ3v) is 8.54. The Hall–Kier alpha value is -4.50. The Morgan fingerprint density at radius 3 is 2.28 bits per heavy atom. The second kappa shape index (κ2) is 15.4. The molecule has 47 heavy (non-hydrogen) atoms. The molecule has 4 heterocycles. The number of nitrogens with zero attached hydrogens (tertiary/aromatic N) is 5. The number of morpholine rings is 1. The van der Waals surface area contributed by atoms with Gasteiger partial charge in [0.1, 0.15) is 11.2 Å². The number of carbonyl (C=O) groups is 1. The highest BCUT2D eigenvalue weighted by atomic mass is 16.5. The van der Waals surface area contributed by atoms with Crippen molar-refractivity contribution in [3.63, 3.8) is 0 Å². The number of hydrogen-bond donors (Lipinski definition) is 0. The molecule has 2 fully saturated rings. The van der Waals surface area contributed by atoms with E-state index in [0.717, 1.165) is 40.7 Å². The van der Waals surface area contributed by atoms with Gasteiger partial charge in [0, 0.05) is 56.4 Å². The average molecular weight is 638 g/mol. The van der Waals surface area contributed by atoms with Gasteiger partial charge in [-0.15, -0.1) is 0 Å². The molecule has 0 N–H and O–H groups in total. The van der Waals surface area contributed by atoms with Crippen molar-refractivity contribution in [1.29, 1.82) is 0 Å². The van der Waals surface area contributed by atoms with Crippen molar-refractivity contribution in [2.45, 2.75) is 72.8 Å². The Labute approximate surface area is 277 Å². The van der Waals surface area contributed by atoms with E-state index in [1.165, 1.54) is 19.3 Å². The van der Waals surface area contributed by atoms with Crippen LogP contribution in [0.25, 0.3) is 33.1 Å². The highest BCUT2D eigenvalue weighted by molar-refractivity contribution is 5.98. The smallest absolute Gasteiger partial charge is 0.231 e. The molecule has 9 heteroatoms. The molecule has 0 unspecified atom stereocenters. The third kappa shape index (κ3) is 7.25. The molecule has 1 aliphatic heterocycles. The SMILES string of the molecule is CC.CC(=O)c1cc2cnc(N(C)c3ccc(-c4ccc5c(=O)cc(N6CCOCC6)oc5c4)cc3)nc2n1C1CCCC1.CCC. The van der Waals surface area contributed by atoms with E-state index in [0.29, 0.717) is 60.8 Å². The molecule has 2 aromatic carbocycles. The predicted octanol–water partition coefficient (Wildman–Crippen LogP) is 8.57. The van der Waals surface area contributed by atoms with Gasteiger partial charge < -0.3 is 23.5 Å². The standard InChI is InChI=1S/C33H33N5O4.C3H8.C2H6/c1-21(39)28-17-24-20-34-33(35-32(24)38(28)26-5-3-4-6-26)36(2)25-10-7-22(8-11-25)23-9-12-27-29(40)19-31(42-30(27)18-23)37-13-15-41-16-14-37;1-3-2;1-2/h7-12,17-20,26H,3-6,13-16H2,1-2H3;3H2,1-2H3;1-2H3. The monoisotopic (exact) mass is 637 g/mol. The molecule has 9 nitrogen and oxygen atoms in total. The summed E-state index contributed by atoms with van der Waals surface area (Å²) in [6, 6.07) is 17.7. The maximum atomic E-state index is 12.8. The van der Waals surface area contributed by atoms with Gasteiger partial charge in [-0.1, -0.05) is 65.2 Å². The van der Waals surface area contributed by atoms with E-state index in [1.54, 1.807) is 13.0 Å². The number of benzene rings is 2. The largest absolute Gasteiger partial charge is 0.440 e. The molecule has 1 aliphatic carbocycles. The minimum absolute atomic E-state index is 0.0484. The number of rotatable bonds is 6. The lowest BCUT2D eigenvalue weighted by atomic mass is 10.0. The van der Waals surface area contributed by atoms with Crippen molar-refractivity contribution in [3.8, 4) is 11.1 Å². The number of aromatic nitrogens is 3. The van der Waals surface area contributed by atoms with Crippen LogP contribution >= 0.6 is 0 Å². The van der Waals surface area contributed by atoms with Gasteiger partial charge in [-0.25, -0.2) is 4.98 Å². The van der Waals surface area contributed by atoms with E-state index in [1.807, 2.05) is 85.4 Å². The fraction of sp³-hybridized carbons (Fsp3) is 0.421. The summed E-state index contributed by atoms with van der Waals surface area (Å²) in [6.07, 6.45) is 7.53. The van der Waals surface area contributed by atoms with Crippen LogP contribution in [-0.4, -0.2) is 53.7 Å².